The molecule has 0 radical (unpaired) electrons. The number of halogens is 1. The minimum atomic E-state index is -0.315. The number of nitrogens with two attached hydrogens (primary N) is 1. The minimum absolute atomic E-state index is 0.315. The van der Waals surface area contributed by atoms with Crippen molar-refractivity contribution in [3.05, 3.63) is 65.5 Å². The van der Waals surface area contributed by atoms with Crippen LogP contribution in [0.1, 0.15) is 11.1 Å². The summed E-state index contributed by atoms with van der Waals surface area (Å²) < 4.78 is 18.4. The van der Waals surface area contributed by atoms with E-state index in [1.54, 1.807) is 12.1 Å². The van der Waals surface area contributed by atoms with Gasteiger partial charge in [-0.1, -0.05) is 36.5 Å². The van der Waals surface area contributed by atoms with Crippen LogP contribution in [0.5, 0.6) is 5.75 Å². The molecule has 0 spiro atoms. The van der Waals surface area contributed by atoms with Gasteiger partial charge in [0.1, 0.15) is 23.2 Å². The minimum Gasteiger partial charge on any atom is -0.489 e. The molecule has 0 amide bonds. The molecule has 18 heavy (non-hydrogen) atoms. The van der Waals surface area contributed by atoms with Crippen LogP contribution in [0.15, 0.2) is 48.5 Å². The number of benzene rings is 2. The van der Waals surface area contributed by atoms with Crippen LogP contribution in [0.3, 0.4) is 0 Å². The van der Waals surface area contributed by atoms with Gasteiger partial charge in [0.25, 0.3) is 0 Å². The van der Waals surface area contributed by atoms with Crippen LogP contribution in [-0.4, -0.2) is 4.99 Å². The maximum Gasteiger partial charge on any atom is 0.126 e. The standard InChI is InChI=1S/C14H12FNOS/c15-12-5-2-6-13(8-12)17-9-10-3-1-4-11(7-10)14(16)18/h1-8H,9H2,(H2,16,18). The number of rotatable bonds is 4. The van der Waals surface area contributed by atoms with Gasteiger partial charge in [-0.15, -0.1) is 0 Å². The normalized spacial score (nSPS) is 10.1. The van der Waals surface area contributed by atoms with E-state index in [1.807, 2.05) is 24.3 Å². The Morgan fingerprint density at radius 2 is 1.94 bits per heavy atom. The second-order valence-corrected chi connectivity index (χ2v) is 4.25. The van der Waals surface area contributed by atoms with E-state index in [2.05, 4.69) is 0 Å². The van der Waals surface area contributed by atoms with Crippen molar-refractivity contribution >= 4 is 17.2 Å². The largest absolute Gasteiger partial charge is 0.489 e. The fraction of sp³-hybridized carbons (Fsp3) is 0.0714. The van der Waals surface area contributed by atoms with Crippen LogP contribution in [0.25, 0.3) is 0 Å². The van der Waals surface area contributed by atoms with Crippen molar-refractivity contribution in [1.29, 1.82) is 0 Å². The first-order valence-corrected chi connectivity index (χ1v) is 5.83. The zero-order valence-electron chi connectivity index (χ0n) is 9.60. The number of ether oxygens (including phenoxy) is 1. The lowest BCUT2D eigenvalue weighted by molar-refractivity contribution is 0.304. The summed E-state index contributed by atoms with van der Waals surface area (Å²) in [6, 6.07) is 13.5. The molecule has 0 aliphatic carbocycles. The molecule has 0 fully saturated rings. The van der Waals surface area contributed by atoms with Gasteiger partial charge in [0.2, 0.25) is 0 Å². The van der Waals surface area contributed by atoms with Crippen molar-refractivity contribution in [2.45, 2.75) is 6.61 Å². The third kappa shape index (κ3) is 3.28. The maximum absolute atomic E-state index is 12.9. The third-order valence-electron chi connectivity index (χ3n) is 2.41. The van der Waals surface area contributed by atoms with Crippen molar-refractivity contribution in [3.63, 3.8) is 0 Å². The van der Waals surface area contributed by atoms with Gasteiger partial charge in [-0.05, 0) is 23.8 Å². The molecule has 2 N–H and O–H groups in total. The highest BCUT2D eigenvalue weighted by atomic mass is 32.1. The van der Waals surface area contributed by atoms with Gasteiger partial charge in [0.05, 0.1) is 0 Å². The molecule has 0 aliphatic rings. The fourth-order valence-corrected chi connectivity index (χ4v) is 1.66. The molecule has 0 heterocycles. The van der Waals surface area contributed by atoms with Gasteiger partial charge < -0.3 is 10.5 Å². The van der Waals surface area contributed by atoms with Crippen molar-refractivity contribution in [3.8, 4) is 5.75 Å². The van der Waals surface area contributed by atoms with E-state index in [9.17, 15) is 4.39 Å². The molecule has 2 nitrogen and oxygen atoms in total. The Bertz CT molecular complexity index is 571. The molecular formula is C14H12FNOS. The van der Waals surface area contributed by atoms with E-state index in [-0.39, 0.29) is 5.82 Å². The summed E-state index contributed by atoms with van der Waals surface area (Å²) in [5.41, 5.74) is 7.28. The highest BCUT2D eigenvalue weighted by Crippen LogP contribution is 2.14. The van der Waals surface area contributed by atoms with Crippen molar-refractivity contribution in [2.75, 3.05) is 0 Å². The van der Waals surface area contributed by atoms with Gasteiger partial charge in [-0.2, -0.15) is 0 Å². The predicted molar refractivity (Wildman–Crippen MR) is 73.1 cm³/mol. The summed E-state index contributed by atoms with van der Waals surface area (Å²) in [5.74, 6) is 0.181. The lowest BCUT2D eigenvalue weighted by atomic mass is 10.1. The van der Waals surface area contributed by atoms with Crippen LogP contribution in [0.4, 0.5) is 4.39 Å². The second kappa shape index (κ2) is 5.60. The molecule has 4 heteroatoms. The Kier molecular flexibility index (Phi) is 3.89. The molecule has 0 aromatic heterocycles. The zero-order chi connectivity index (χ0) is 13.0. The average molecular weight is 261 g/mol. The summed E-state index contributed by atoms with van der Waals surface area (Å²) in [5, 5.41) is 0. The summed E-state index contributed by atoms with van der Waals surface area (Å²) in [7, 11) is 0. The Labute approximate surface area is 110 Å². The topological polar surface area (TPSA) is 35.2 Å². The molecule has 2 aromatic carbocycles. The fourth-order valence-electron chi connectivity index (χ4n) is 1.54. The Balaban J connectivity index is 2.06. The Hall–Kier alpha value is -1.94. The lowest BCUT2D eigenvalue weighted by Gasteiger charge is -2.07. The van der Waals surface area contributed by atoms with Gasteiger partial charge in [0.15, 0.2) is 0 Å². The second-order valence-electron chi connectivity index (χ2n) is 3.81. The average Bonchev–Trinajstić information content (AvgIpc) is 2.37. The van der Waals surface area contributed by atoms with E-state index in [0.717, 1.165) is 11.1 Å². The number of hydrogen-bond donors (Lipinski definition) is 1. The molecule has 0 bridgehead atoms. The predicted octanol–water partition coefficient (Wildman–Crippen LogP) is 3.04. The molecule has 92 valence electrons. The first-order chi connectivity index (χ1) is 8.65. The van der Waals surface area contributed by atoms with Crippen LogP contribution in [0, 0.1) is 5.82 Å². The smallest absolute Gasteiger partial charge is 0.126 e. The van der Waals surface area contributed by atoms with Crippen molar-refractivity contribution < 1.29 is 9.13 Å². The van der Waals surface area contributed by atoms with Crippen LogP contribution < -0.4 is 10.5 Å². The summed E-state index contributed by atoms with van der Waals surface area (Å²) in [6.45, 7) is 0.347. The monoisotopic (exact) mass is 261 g/mol. The molecule has 0 saturated heterocycles. The Morgan fingerprint density at radius 1 is 1.17 bits per heavy atom. The van der Waals surface area contributed by atoms with E-state index in [1.165, 1.54) is 12.1 Å². The van der Waals surface area contributed by atoms with Crippen LogP contribution >= 0.6 is 12.2 Å². The van der Waals surface area contributed by atoms with Crippen LogP contribution in [0.2, 0.25) is 0 Å². The van der Waals surface area contributed by atoms with E-state index in [4.69, 9.17) is 22.7 Å². The molecule has 0 aliphatic heterocycles. The van der Waals surface area contributed by atoms with Gasteiger partial charge in [0, 0.05) is 11.6 Å². The molecular weight excluding hydrogens is 249 g/mol. The highest BCUT2D eigenvalue weighted by Gasteiger charge is 2.00. The summed E-state index contributed by atoms with van der Waals surface area (Å²) in [6.07, 6.45) is 0. The van der Waals surface area contributed by atoms with Gasteiger partial charge in [-0.3, -0.25) is 0 Å². The third-order valence-corrected chi connectivity index (χ3v) is 2.65. The van der Waals surface area contributed by atoms with Crippen molar-refractivity contribution in [2.24, 2.45) is 5.73 Å². The van der Waals surface area contributed by atoms with Gasteiger partial charge in [-0.25, -0.2) is 4.39 Å². The quantitative estimate of drug-likeness (QED) is 0.859. The van der Waals surface area contributed by atoms with Crippen molar-refractivity contribution in [1.82, 2.24) is 0 Å². The molecule has 2 aromatic rings. The van der Waals surface area contributed by atoms with Crippen LogP contribution in [-0.2, 0) is 6.61 Å². The first kappa shape index (κ1) is 12.5. The summed E-state index contributed by atoms with van der Waals surface area (Å²) in [4.78, 5) is 0.350. The molecule has 0 unspecified atom stereocenters. The molecule has 2 rings (SSSR count). The number of hydrogen-bond acceptors (Lipinski definition) is 2. The van der Waals surface area contributed by atoms with E-state index < -0.39 is 0 Å². The van der Waals surface area contributed by atoms with E-state index >= 15 is 0 Å². The van der Waals surface area contributed by atoms with Gasteiger partial charge >= 0.3 is 0 Å². The summed E-state index contributed by atoms with van der Waals surface area (Å²) >= 11 is 4.90. The first-order valence-electron chi connectivity index (χ1n) is 5.42. The maximum atomic E-state index is 12.9. The SMILES string of the molecule is NC(=S)c1cccc(COc2cccc(F)c2)c1. The molecule has 0 saturated carbocycles. The zero-order valence-corrected chi connectivity index (χ0v) is 10.4. The Morgan fingerprint density at radius 3 is 2.67 bits per heavy atom. The number of thiocarbonyl (C=S) groups is 1. The van der Waals surface area contributed by atoms with E-state index in [0.29, 0.717) is 17.3 Å². The molecule has 0 atom stereocenters. The lowest BCUT2D eigenvalue weighted by Crippen LogP contribution is -2.09. The highest BCUT2D eigenvalue weighted by molar-refractivity contribution is 7.80.